The van der Waals surface area contributed by atoms with Crippen LogP contribution in [0.25, 0.3) is 0 Å². The molecule has 0 aliphatic rings. The number of carbonyl (C=O) groups is 1. The van der Waals surface area contributed by atoms with Crippen LogP contribution in [0.2, 0.25) is 0 Å². The van der Waals surface area contributed by atoms with Crippen molar-refractivity contribution < 1.29 is 4.79 Å². The summed E-state index contributed by atoms with van der Waals surface area (Å²) in [5.74, 6) is -0.120. The molecule has 0 spiro atoms. The molecule has 6 nitrogen and oxygen atoms in total. The van der Waals surface area contributed by atoms with E-state index in [0.29, 0.717) is 6.54 Å². The highest BCUT2D eigenvalue weighted by Gasteiger charge is 2.16. The van der Waals surface area contributed by atoms with E-state index in [4.69, 9.17) is 5.73 Å². The third kappa shape index (κ3) is 2.60. The fourth-order valence-corrected chi connectivity index (χ4v) is 1.53. The van der Waals surface area contributed by atoms with Gasteiger partial charge in [0.1, 0.15) is 0 Å². The summed E-state index contributed by atoms with van der Waals surface area (Å²) < 4.78 is 0. The Morgan fingerprint density at radius 3 is 2.78 bits per heavy atom. The maximum atomic E-state index is 12.1. The molecule has 2 rings (SSSR count). The molecular weight excluding hydrogens is 230 g/mol. The van der Waals surface area contributed by atoms with E-state index in [1.165, 1.54) is 17.3 Å². The number of nitrogen functional groups attached to an aromatic ring is 1. The van der Waals surface area contributed by atoms with Gasteiger partial charge < -0.3 is 10.6 Å². The van der Waals surface area contributed by atoms with E-state index in [-0.39, 0.29) is 17.4 Å². The van der Waals surface area contributed by atoms with E-state index in [1.807, 2.05) is 12.1 Å². The Morgan fingerprint density at radius 2 is 2.11 bits per heavy atom. The molecule has 0 aliphatic heterocycles. The fraction of sp³-hybridized carbons (Fsp3) is 0.167. The second-order valence-corrected chi connectivity index (χ2v) is 3.81. The Morgan fingerprint density at radius 1 is 1.33 bits per heavy atom. The van der Waals surface area contributed by atoms with E-state index in [2.05, 4.69) is 15.0 Å². The second-order valence-electron chi connectivity index (χ2n) is 3.81. The SMILES string of the molecule is CN(Cc1cccnc1)C(=O)c1nccnc1N. The zero-order valence-corrected chi connectivity index (χ0v) is 9.95. The van der Waals surface area contributed by atoms with Gasteiger partial charge in [-0.1, -0.05) is 6.07 Å². The smallest absolute Gasteiger partial charge is 0.276 e. The first-order valence-electron chi connectivity index (χ1n) is 5.39. The van der Waals surface area contributed by atoms with Gasteiger partial charge in [-0.05, 0) is 11.6 Å². The van der Waals surface area contributed by atoms with Crippen LogP contribution in [0.5, 0.6) is 0 Å². The number of anilines is 1. The summed E-state index contributed by atoms with van der Waals surface area (Å²) in [6, 6.07) is 3.72. The highest BCUT2D eigenvalue weighted by molar-refractivity contribution is 5.96. The molecule has 0 saturated carbocycles. The average Bonchev–Trinajstić information content (AvgIpc) is 2.39. The zero-order valence-electron chi connectivity index (χ0n) is 9.95. The number of pyridine rings is 1. The molecule has 92 valence electrons. The van der Waals surface area contributed by atoms with Crippen LogP contribution in [0.4, 0.5) is 5.82 Å². The highest BCUT2D eigenvalue weighted by Crippen LogP contribution is 2.09. The van der Waals surface area contributed by atoms with Crippen molar-refractivity contribution in [3.05, 3.63) is 48.2 Å². The summed E-state index contributed by atoms with van der Waals surface area (Å²) in [7, 11) is 1.68. The van der Waals surface area contributed by atoms with Gasteiger partial charge >= 0.3 is 0 Å². The number of nitrogens with zero attached hydrogens (tertiary/aromatic N) is 4. The van der Waals surface area contributed by atoms with Gasteiger partial charge in [-0.3, -0.25) is 9.78 Å². The number of nitrogens with two attached hydrogens (primary N) is 1. The monoisotopic (exact) mass is 243 g/mol. The first-order valence-corrected chi connectivity index (χ1v) is 5.39. The van der Waals surface area contributed by atoms with Gasteiger partial charge in [0.15, 0.2) is 11.5 Å². The van der Waals surface area contributed by atoms with Crippen LogP contribution in [0.1, 0.15) is 16.1 Å². The molecule has 2 aromatic heterocycles. The van der Waals surface area contributed by atoms with Crippen LogP contribution in [-0.2, 0) is 6.54 Å². The van der Waals surface area contributed by atoms with Gasteiger partial charge in [0.05, 0.1) is 0 Å². The van der Waals surface area contributed by atoms with Crippen LogP contribution < -0.4 is 5.73 Å². The minimum absolute atomic E-state index is 0.139. The normalized spacial score (nSPS) is 10.1. The Hall–Kier alpha value is -2.50. The molecule has 2 heterocycles. The van der Waals surface area contributed by atoms with Crippen LogP contribution >= 0.6 is 0 Å². The zero-order chi connectivity index (χ0) is 13.0. The topological polar surface area (TPSA) is 85.0 Å². The molecule has 6 heteroatoms. The lowest BCUT2D eigenvalue weighted by Gasteiger charge is -2.16. The molecule has 0 aromatic carbocycles. The standard InChI is InChI=1S/C12H13N5O/c1-17(8-9-3-2-4-14-7-9)12(18)10-11(13)16-6-5-15-10/h2-7H,8H2,1H3,(H2,13,16). The molecule has 1 amide bonds. The lowest BCUT2D eigenvalue weighted by Crippen LogP contribution is -2.28. The molecule has 0 unspecified atom stereocenters. The van der Waals surface area contributed by atoms with E-state index in [9.17, 15) is 4.79 Å². The predicted molar refractivity (Wildman–Crippen MR) is 66.5 cm³/mol. The predicted octanol–water partition coefficient (Wildman–Crippen LogP) is 0.726. The molecule has 0 bridgehead atoms. The number of hydrogen-bond donors (Lipinski definition) is 1. The molecule has 0 saturated heterocycles. The summed E-state index contributed by atoms with van der Waals surface area (Å²) in [4.78, 5) is 25.4. The van der Waals surface area contributed by atoms with E-state index < -0.39 is 0 Å². The summed E-state index contributed by atoms with van der Waals surface area (Å²) in [6.45, 7) is 0.447. The largest absolute Gasteiger partial charge is 0.382 e. The van der Waals surface area contributed by atoms with Gasteiger partial charge in [-0.25, -0.2) is 9.97 Å². The quantitative estimate of drug-likeness (QED) is 0.858. The number of aromatic nitrogens is 3. The maximum absolute atomic E-state index is 12.1. The highest BCUT2D eigenvalue weighted by atomic mass is 16.2. The first kappa shape index (κ1) is 12.0. The van der Waals surface area contributed by atoms with Crippen molar-refractivity contribution in [3.63, 3.8) is 0 Å². The van der Waals surface area contributed by atoms with Gasteiger partial charge in [0.25, 0.3) is 5.91 Å². The van der Waals surface area contributed by atoms with Crippen molar-refractivity contribution in [2.45, 2.75) is 6.54 Å². The minimum atomic E-state index is -0.260. The molecule has 0 atom stereocenters. The first-order chi connectivity index (χ1) is 8.68. The van der Waals surface area contributed by atoms with Crippen molar-refractivity contribution in [2.24, 2.45) is 0 Å². The third-order valence-electron chi connectivity index (χ3n) is 2.42. The van der Waals surface area contributed by atoms with Crippen LogP contribution in [0, 0.1) is 0 Å². The van der Waals surface area contributed by atoms with Gasteiger partial charge in [-0.15, -0.1) is 0 Å². The Labute approximate surface area is 105 Å². The molecule has 0 fully saturated rings. The van der Waals surface area contributed by atoms with Crippen molar-refractivity contribution in [3.8, 4) is 0 Å². The fourth-order valence-electron chi connectivity index (χ4n) is 1.53. The lowest BCUT2D eigenvalue weighted by molar-refractivity contribution is 0.0780. The van der Waals surface area contributed by atoms with E-state index in [1.54, 1.807) is 19.4 Å². The van der Waals surface area contributed by atoms with Crippen LogP contribution in [-0.4, -0.2) is 32.8 Å². The number of rotatable bonds is 3. The minimum Gasteiger partial charge on any atom is -0.382 e. The van der Waals surface area contributed by atoms with E-state index in [0.717, 1.165) is 5.56 Å². The molecular formula is C12H13N5O. The third-order valence-corrected chi connectivity index (χ3v) is 2.42. The number of amides is 1. The lowest BCUT2D eigenvalue weighted by atomic mass is 10.2. The second kappa shape index (κ2) is 5.22. The number of carbonyl (C=O) groups excluding carboxylic acids is 1. The summed E-state index contributed by atoms with van der Waals surface area (Å²) >= 11 is 0. The maximum Gasteiger partial charge on any atom is 0.276 e. The number of hydrogen-bond acceptors (Lipinski definition) is 5. The summed E-state index contributed by atoms with van der Waals surface area (Å²) in [5, 5.41) is 0. The molecule has 0 aliphatic carbocycles. The molecule has 2 aromatic rings. The van der Waals surface area contributed by atoms with Gasteiger partial charge in [-0.2, -0.15) is 0 Å². The molecule has 18 heavy (non-hydrogen) atoms. The van der Waals surface area contributed by atoms with Crippen molar-refractivity contribution in [1.29, 1.82) is 0 Å². The van der Waals surface area contributed by atoms with E-state index >= 15 is 0 Å². The Kier molecular flexibility index (Phi) is 3.47. The molecule has 2 N–H and O–H groups in total. The van der Waals surface area contributed by atoms with Crippen molar-refractivity contribution in [1.82, 2.24) is 19.9 Å². The summed E-state index contributed by atoms with van der Waals surface area (Å²) in [5.41, 5.74) is 6.73. The van der Waals surface area contributed by atoms with Crippen molar-refractivity contribution in [2.75, 3.05) is 12.8 Å². The average molecular weight is 243 g/mol. The van der Waals surface area contributed by atoms with Crippen LogP contribution in [0.15, 0.2) is 36.9 Å². The Balaban J connectivity index is 2.13. The Bertz CT molecular complexity index is 543. The van der Waals surface area contributed by atoms with Gasteiger partial charge in [0.2, 0.25) is 0 Å². The summed E-state index contributed by atoms with van der Waals surface area (Å²) in [6.07, 6.45) is 6.30. The van der Waals surface area contributed by atoms with Crippen molar-refractivity contribution >= 4 is 11.7 Å². The molecule has 0 radical (unpaired) electrons. The van der Waals surface area contributed by atoms with Crippen LogP contribution in [0.3, 0.4) is 0 Å². The van der Waals surface area contributed by atoms with Gasteiger partial charge in [0, 0.05) is 38.4 Å².